The van der Waals surface area contributed by atoms with E-state index in [-0.39, 0.29) is 17.7 Å². The third-order valence-electron chi connectivity index (χ3n) is 6.74. The van der Waals surface area contributed by atoms with E-state index < -0.39 is 0 Å². The van der Waals surface area contributed by atoms with Crippen molar-refractivity contribution in [2.24, 2.45) is 5.92 Å². The van der Waals surface area contributed by atoms with Gasteiger partial charge in [-0.15, -0.1) is 0 Å². The van der Waals surface area contributed by atoms with Gasteiger partial charge in [-0.1, -0.05) is 23.8 Å². The van der Waals surface area contributed by atoms with Crippen LogP contribution in [0.3, 0.4) is 0 Å². The predicted octanol–water partition coefficient (Wildman–Crippen LogP) is 3.87. The maximum atomic E-state index is 13.3. The van der Waals surface area contributed by atoms with Gasteiger partial charge in [-0.25, -0.2) is 0 Å². The number of nitrogens with zero attached hydrogens (tertiary/aromatic N) is 1. The molecule has 0 bridgehead atoms. The lowest BCUT2D eigenvalue weighted by Gasteiger charge is -2.47. The van der Waals surface area contributed by atoms with Crippen molar-refractivity contribution >= 4 is 17.5 Å². The maximum absolute atomic E-state index is 13.3. The fraction of sp³-hybridized carbons (Fsp3) is 0.440. The molecular formula is C25H31N3O2. The summed E-state index contributed by atoms with van der Waals surface area (Å²) >= 11 is 0. The van der Waals surface area contributed by atoms with E-state index in [2.05, 4.69) is 17.6 Å². The summed E-state index contributed by atoms with van der Waals surface area (Å²) in [5.41, 5.74) is 4.52. The quantitative estimate of drug-likeness (QED) is 0.815. The molecule has 2 aliphatic heterocycles. The number of rotatable bonds is 3. The fourth-order valence-corrected chi connectivity index (χ4v) is 5.00. The molecule has 0 aliphatic carbocycles. The van der Waals surface area contributed by atoms with Crippen LogP contribution in [-0.2, 0) is 4.79 Å². The molecule has 158 valence electrons. The van der Waals surface area contributed by atoms with Crippen molar-refractivity contribution in [2.45, 2.75) is 51.6 Å². The molecule has 2 aromatic rings. The molecule has 4 atom stereocenters. The summed E-state index contributed by atoms with van der Waals surface area (Å²) in [7, 11) is 1.95. The monoisotopic (exact) mass is 405 g/mol. The second-order valence-electron chi connectivity index (χ2n) is 9.00. The predicted molar refractivity (Wildman–Crippen MR) is 120 cm³/mol. The number of aryl methyl sites for hydroxylation is 2. The molecule has 0 aromatic heterocycles. The smallest absolute Gasteiger partial charge is 0.255 e. The van der Waals surface area contributed by atoms with Crippen LogP contribution in [0.5, 0.6) is 0 Å². The number of piperidine rings is 2. The lowest BCUT2D eigenvalue weighted by atomic mass is 9.75. The zero-order valence-electron chi connectivity index (χ0n) is 18.2. The number of likely N-dealkylation sites (N-methyl/N-ethyl adjacent to an activating group) is 1. The van der Waals surface area contributed by atoms with Crippen LogP contribution in [0.4, 0.5) is 5.69 Å². The topological polar surface area (TPSA) is 61.4 Å². The summed E-state index contributed by atoms with van der Waals surface area (Å²) in [5.74, 6) is 0.350. The third kappa shape index (κ3) is 3.99. The molecule has 0 radical (unpaired) electrons. The van der Waals surface area contributed by atoms with Gasteiger partial charge in [0.1, 0.15) is 0 Å². The van der Waals surface area contributed by atoms with Crippen molar-refractivity contribution in [2.75, 3.05) is 18.9 Å². The second kappa shape index (κ2) is 8.23. The Hall–Kier alpha value is -2.66. The minimum absolute atomic E-state index is 0.133. The zero-order chi connectivity index (χ0) is 21.4. The van der Waals surface area contributed by atoms with E-state index in [0.717, 1.165) is 41.8 Å². The van der Waals surface area contributed by atoms with E-state index in [1.54, 1.807) is 0 Å². The van der Waals surface area contributed by atoms with Crippen LogP contribution in [0.1, 0.15) is 52.7 Å². The molecule has 30 heavy (non-hydrogen) atoms. The number of hydrogen-bond donors (Lipinski definition) is 2. The Bertz CT molecular complexity index is 971. The molecule has 2 aromatic carbocycles. The van der Waals surface area contributed by atoms with Gasteiger partial charge < -0.3 is 15.5 Å². The molecular weight excluding hydrogens is 374 g/mol. The number of anilines is 1. The van der Waals surface area contributed by atoms with Crippen molar-refractivity contribution < 1.29 is 9.59 Å². The van der Waals surface area contributed by atoms with E-state index in [4.69, 9.17) is 0 Å². The van der Waals surface area contributed by atoms with Crippen molar-refractivity contribution in [3.63, 3.8) is 0 Å². The van der Waals surface area contributed by atoms with E-state index in [1.165, 1.54) is 0 Å². The summed E-state index contributed by atoms with van der Waals surface area (Å²) < 4.78 is 0. The van der Waals surface area contributed by atoms with E-state index in [9.17, 15) is 9.59 Å². The van der Waals surface area contributed by atoms with Gasteiger partial charge >= 0.3 is 0 Å². The van der Waals surface area contributed by atoms with Gasteiger partial charge in [-0.05, 0) is 74.9 Å². The summed E-state index contributed by atoms with van der Waals surface area (Å²) in [5, 5.41) is 6.57. The number of amides is 2. The van der Waals surface area contributed by atoms with Crippen molar-refractivity contribution in [3.05, 3.63) is 64.7 Å². The molecule has 0 spiro atoms. The van der Waals surface area contributed by atoms with Crippen molar-refractivity contribution in [1.82, 2.24) is 10.2 Å². The van der Waals surface area contributed by atoms with Crippen LogP contribution >= 0.6 is 0 Å². The number of nitrogens with one attached hydrogen (secondary N) is 2. The van der Waals surface area contributed by atoms with Gasteiger partial charge in [0.25, 0.3) is 5.91 Å². The van der Waals surface area contributed by atoms with E-state index in [0.29, 0.717) is 23.6 Å². The number of hydrogen-bond acceptors (Lipinski definition) is 3. The summed E-state index contributed by atoms with van der Waals surface area (Å²) in [6.45, 7) is 7.15. The molecule has 2 amide bonds. The Morgan fingerprint density at radius 3 is 2.70 bits per heavy atom. The number of carbonyl (C=O) groups excluding carboxylic acids is 2. The lowest BCUT2D eigenvalue weighted by Crippen LogP contribution is -2.57. The summed E-state index contributed by atoms with van der Waals surface area (Å²) in [6.07, 6.45) is 1.86. The molecule has 0 saturated carbocycles. The van der Waals surface area contributed by atoms with Gasteiger partial charge in [0, 0.05) is 36.9 Å². The van der Waals surface area contributed by atoms with Gasteiger partial charge in [0.05, 0.1) is 5.92 Å². The number of fused-ring (bicyclic) bond motifs is 1. The van der Waals surface area contributed by atoms with Crippen LogP contribution in [0.15, 0.2) is 42.5 Å². The Morgan fingerprint density at radius 1 is 1.13 bits per heavy atom. The highest BCUT2D eigenvalue weighted by Gasteiger charge is 2.43. The van der Waals surface area contributed by atoms with Crippen LogP contribution in [-0.4, -0.2) is 42.4 Å². The highest BCUT2D eigenvalue weighted by atomic mass is 16.2. The first-order valence-corrected chi connectivity index (χ1v) is 10.8. The SMILES string of the molecule is Cc1cccc(C(=O)Nc2ccc(C)c(C3CC4CNC(C)CC4N(C)C3=O)c2)c1. The zero-order valence-corrected chi connectivity index (χ0v) is 18.2. The largest absolute Gasteiger partial charge is 0.342 e. The normalized spacial score (nSPS) is 26.3. The van der Waals surface area contributed by atoms with Gasteiger partial charge in [0.2, 0.25) is 5.91 Å². The molecule has 4 rings (SSSR count). The van der Waals surface area contributed by atoms with Crippen LogP contribution in [0, 0.1) is 19.8 Å². The maximum Gasteiger partial charge on any atom is 0.255 e. The van der Waals surface area contributed by atoms with Crippen LogP contribution < -0.4 is 10.6 Å². The Balaban J connectivity index is 1.57. The van der Waals surface area contributed by atoms with Crippen LogP contribution in [0.2, 0.25) is 0 Å². The van der Waals surface area contributed by atoms with E-state index >= 15 is 0 Å². The first-order chi connectivity index (χ1) is 14.3. The molecule has 5 nitrogen and oxygen atoms in total. The molecule has 2 aliphatic rings. The third-order valence-corrected chi connectivity index (χ3v) is 6.74. The van der Waals surface area contributed by atoms with Crippen molar-refractivity contribution in [3.8, 4) is 0 Å². The minimum Gasteiger partial charge on any atom is -0.342 e. The van der Waals surface area contributed by atoms with Crippen molar-refractivity contribution in [1.29, 1.82) is 0 Å². The lowest BCUT2D eigenvalue weighted by molar-refractivity contribution is -0.140. The molecule has 5 heteroatoms. The van der Waals surface area contributed by atoms with Gasteiger partial charge in [-0.2, -0.15) is 0 Å². The first kappa shape index (κ1) is 20.6. The van der Waals surface area contributed by atoms with E-state index in [1.807, 2.05) is 68.3 Å². The Kier molecular flexibility index (Phi) is 5.65. The number of likely N-dealkylation sites (tertiary alicyclic amines) is 1. The minimum atomic E-state index is -0.165. The molecule has 2 N–H and O–H groups in total. The molecule has 2 saturated heterocycles. The average molecular weight is 406 g/mol. The van der Waals surface area contributed by atoms with Gasteiger partial charge in [0.15, 0.2) is 0 Å². The summed E-state index contributed by atoms with van der Waals surface area (Å²) in [4.78, 5) is 27.9. The van der Waals surface area contributed by atoms with Crippen LogP contribution in [0.25, 0.3) is 0 Å². The highest BCUT2D eigenvalue weighted by Crippen LogP contribution is 2.39. The standard InChI is InChI=1S/C25H31N3O2/c1-15-6-5-7-18(10-15)24(29)27-20-9-8-16(2)21(13-20)22-12-19-14-26-17(3)11-23(19)28(4)25(22)30/h5-10,13,17,19,22-23,26H,11-12,14H2,1-4H3,(H,27,29). The highest BCUT2D eigenvalue weighted by molar-refractivity contribution is 6.04. The molecule has 4 unspecified atom stereocenters. The number of carbonyl (C=O) groups is 2. The Labute approximate surface area is 178 Å². The molecule has 2 fully saturated rings. The number of benzene rings is 2. The summed E-state index contributed by atoms with van der Waals surface area (Å²) in [6, 6.07) is 14.2. The first-order valence-electron chi connectivity index (χ1n) is 10.8. The van der Waals surface area contributed by atoms with Gasteiger partial charge in [-0.3, -0.25) is 9.59 Å². The Morgan fingerprint density at radius 2 is 1.93 bits per heavy atom. The molecule has 2 heterocycles. The fourth-order valence-electron chi connectivity index (χ4n) is 5.00. The second-order valence-corrected chi connectivity index (χ2v) is 9.00. The average Bonchev–Trinajstić information content (AvgIpc) is 2.72.